The largest absolute Gasteiger partial charge is 0.467 e. The highest BCUT2D eigenvalue weighted by atomic mass is 16.3. The minimum atomic E-state index is -0.782. The maximum Gasteiger partial charge on any atom is 0.237 e. The fourth-order valence-electron chi connectivity index (χ4n) is 1.33. The summed E-state index contributed by atoms with van der Waals surface area (Å²) < 4.78 is 5.12. The van der Waals surface area contributed by atoms with Gasteiger partial charge in [-0.05, 0) is 32.4 Å². The molecule has 102 valence electrons. The van der Waals surface area contributed by atoms with E-state index in [1.807, 2.05) is 6.92 Å². The normalized spacial score (nSPS) is 16.0. The number of hydrogen-bond donors (Lipinski definition) is 3. The van der Waals surface area contributed by atoms with Crippen molar-refractivity contribution in [2.75, 3.05) is 6.54 Å². The van der Waals surface area contributed by atoms with Crippen LogP contribution in [0.25, 0.3) is 0 Å². The molecule has 0 saturated carbocycles. The quantitative estimate of drug-likeness (QED) is 0.679. The van der Waals surface area contributed by atoms with Crippen molar-refractivity contribution in [2.24, 2.45) is 0 Å². The number of hydrogen-bond acceptors (Lipinski definition) is 4. The van der Waals surface area contributed by atoms with E-state index in [0.717, 1.165) is 5.76 Å². The average molecular weight is 254 g/mol. The topological polar surface area (TPSA) is 74.5 Å². The zero-order valence-corrected chi connectivity index (χ0v) is 11.2. The van der Waals surface area contributed by atoms with Crippen molar-refractivity contribution in [1.82, 2.24) is 10.6 Å². The third-order valence-corrected chi connectivity index (χ3v) is 2.96. The van der Waals surface area contributed by atoms with Crippen LogP contribution >= 0.6 is 0 Å². The van der Waals surface area contributed by atoms with Gasteiger partial charge in [-0.15, -0.1) is 0 Å². The van der Waals surface area contributed by atoms with Crippen LogP contribution in [0.2, 0.25) is 0 Å². The molecule has 0 aliphatic heterocycles. The summed E-state index contributed by atoms with van der Waals surface area (Å²) in [6, 6.07) is 3.24. The molecule has 3 N–H and O–H groups in total. The van der Waals surface area contributed by atoms with Crippen LogP contribution in [0.4, 0.5) is 0 Å². The van der Waals surface area contributed by atoms with Gasteiger partial charge in [0, 0.05) is 6.54 Å². The SMILES string of the molecule is CCC(C)(O)CNC(C)C(=O)NCc1ccco1. The van der Waals surface area contributed by atoms with E-state index in [4.69, 9.17) is 4.42 Å². The van der Waals surface area contributed by atoms with Crippen LogP contribution in [0.5, 0.6) is 0 Å². The summed E-state index contributed by atoms with van der Waals surface area (Å²) in [7, 11) is 0. The number of furan rings is 1. The Morgan fingerprint density at radius 3 is 2.89 bits per heavy atom. The first kappa shape index (κ1) is 14.7. The van der Waals surface area contributed by atoms with Crippen molar-refractivity contribution in [1.29, 1.82) is 0 Å². The van der Waals surface area contributed by atoms with E-state index in [-0.39, 0.29) is 11.9 Å². The molecule has 0 radical (unpaired) electrons. The third-order valence-electron chi connectivity index (χ3n) is 2.96. The predicted molar refractivity (Wildman–Crippen MR) is 68.9 cm³/mol. The highest BCUT2D eigenvalue weighted by molar-refractivity contribution is 5.81. The molecule has 1 aromatic rings. The fraction of sp³-hybridized carbons (Fsp3) is 0.615. The molecule has 1 heterocycles. The summed E-state index contributed by atoms with van der Waals surface area (Å²) in [6.45, 7) is 6.18. The van der Waals surface area contributed by atoms with Crippen LogP contribution in [0, 0.1) is 0 Å². The van der Waals surface area contributed by atoms with E-state index in [1.54, 1.807) is 32.2 Å². The van der Waals surface area contributed by atoms with Crippen LogP contribution in [-0.4, -0.2) is 29.2 Å². The molecule has 0 spiro atoms. The smallest absolute Gasteiger partial charge is 0.237 e. The Labute approximate surface area is 108 Å². The standard InChI is InChI=1S/C13H22N2O3/c1-4-13(3,17)9-15-10(2)12(16)14-8-11-6-5-7-18-11/h5-7,10,15,17H,4,8-9H2,1-3H3,(H,14,16). The number of rotatable bonds is 7. The molecule has 1 rings (SSSR count). The van der Waals surface area contributed by atoms with Gasteiger partial charge in [-0.3, -0.25) is 4.79 Å². The van der Waals surface area contributed by atoms with E-state index < -0.39 is 5.60 Å². The summed E-state index contributed by atoms with van der Waals surface area (Å²) in [4.78, 5) is 11.7. The Kier molecular flexibility index (Phi) is 5.37. The lowest BCUT2D eigenvalue weighted by molar-refractivity contribution is -0.123. The summed E-state index contributed by atoms with van der Waals surface area (Å²) in [6.07, 6.45) is 2.21. The molecule has 0 aliphatic rings. The first-order chi connectivity index (χ1) is 8.44. The Hall–Kier alpha value is -1.33. The molecule has 2 atom stereocenters. The molecular formula is C13H22N2O3. The van der Waals surface area contributed by atoms with Crippen LogP contribution in [0.3, 0.4) is 0 Å². The Balaban J connectivity index is 2.29. The van der Waals surface area contributed by atoms with Gasteiger partial charge in [0.05, 0.1) is 24.5 Å². The van der Waals surface area contributed by atoms with Crippen LogP contribution < -0.4 is 10.6 Å². The van der Waals surface area contributed by atoms with Gasteiger partial charge in [0.2, 0.25) is 5.91 Å². The van der Waals surface area contributed by atoms with Gasteiger partial charge in [-0.2, -0.15) is 0 Å². The van der Waals surface area contributed by atoms with Crippen molar-refractivity contribution in [3.63, 3.8) is 0 Å². The van der Waals surface area contributed by atoms with E-state index in [2.05, 4.69) is 10.6 Å². The molecule has 5 heteroatoms. The van der Waals surface area contributed by atoms with Gasteiger partial charge in [0.1, 0.15) is 5.76 Å². The van der Waals surface area contributed by atoms with Gasteiger partial charge in [0.25, 0.3) is 0 Å². The Bertz CT molecular complexity index is 360. The van der Waals surface area contributed by atoms with Gasteiger partial charge in [-0.25, -0.2) is 0 Å². The first-order valence-electron chi connectivity index (χ1n) is 6.20. The van der Waals surface area contributed by atoms with E-state index in [1.165, 1.54) is 0 Å². The first-order valence-corrected chi connectivity index (χ1v) is 6.20. The van der Waals surface area contributed by atoms with Gasteiger partial charge < -0.3 is 20.2 Å². The second-order valence-electron chi connectivity index (χ2n) is 4.75. The lowest BCUT2D eigenvalue weighted by atomic mass is 10.0. The highest BCUT2D eigenvalue weighted by Crippen LogP contribution is 2.06. The fourth-order valence-corrected chi connectivity index (χ4v) is 1.33. The highest BCUT2D eigenvalue weighted by Gasteiger charge is 2.20. The van der Waals surface area contributed by atoms with Gasteiger partial charge >= 0.3 is 0 Å². The monoisotopic (exact) mass is 254 g/mol. The predicted octanol–water partition coefficient (Wildman–Crippen LogP) is 1.03. The number of amides is 1. The molecule has 1 aromatic heterocycles. The van der Waals surface area contributed by atoms with Crippen molar-refractivity contribution in [2.45, 2.75) is 45.4 Å². The molecule has 1 amide bonds. The molecule has 0 saturated heterocycles. The molecule has 5 nitrogen and oxygen atoms in total. The second-order valence-corrected chi connectivity index (χ2v) is 4.75. The third kappa shape index (κ3) is 4.89. The summed E-state index contributed by atoms with van der Waals surface area (Å²) in [5, 5.41) is 15.6. The minimum Gasteiger partial charge on any atom is -0.467 e. The van der Waals surface area contributed by atoms with Crippen molar-refractivity contribution in [3.8, 4) is 0 Å². The zero-order chi connectivity index (χ0) is 13.6. The second kappa shape index (κ2) is 6.56. The summed E-state index contributed by atoms with van der Waals surface area (Å²) in [5.41, 5.74) is -0.782. The lowest BCUT2D eigenvalue weighted by Gasteiger charge is -2.24. The molecular weight excluding hydrogens is 232 g/mol. The number of carbonyl (C=O) groups excluding carboxylic acids is 1. The van der Waals surface area contributed by atoms with E-state index in [9.17, 15) is 9.90 Å². The Morgan fingerprint density at radius 1 is 1.61 bits per heavy atom. The Morgan fingerprint density at radius 2 is 2.33 bits per heavy atom. The molecule has 0 bridgehead atoms. The van der Waals surface area contributed by atoms with Crippen molar-refractivity contribution >= 4 is 5.91 Å². The minimum absolute atomic E-state index is 0.113. The maximum absolute atomic E-state index is 11.7. The van der Waals surface area contributed by atoms with Crippen molar-refractivity contribution in [3.05, 3.63) is 24.2 Å². The number of nitrogens with one attached hydrogen (secondary N) is 2. The summed E-state index contributed by atoms with van der Waals surface area (Å²) >= 11 is 0. The average Bonchev–Trinajstić information content (AvgIpc) is 2.86. The number of aliphatic hydroxyl groups is 1. The van der Waals surface area contributed by atoms with E-state index in [0.29, 0.717) is 19.5 Å². The van der Waals surface area contributed by atoms with Gasteiger partial charge in [-0.1, -0.05) is 6.92 Å². The maximum atomic E-state index is 11.7. The van der Waals surface area contributed by atoms with E-state index >= 15 is 0 Å². The van der Waals surface area contributed by atoms with Crippen LogP contribution in [-0.2, 0) is 11.3 Å². The van der Waals surface area contributed by atoms with Crippen LogP contribution in [0.15, 0.2) is 22.8 Å². The molecule has 0 aliphatic carbocycles. The molecule has 0 fully saturated rings. The summed E-state index contributed by atoms with van der Waals surface area (Å²) in [5.74, 6) is 0.606. The molecule has 18 heavy (non-hydrogen) atoms. The zero-order valence-electron chi connectivity index (χ0n) is 11.2. The van der Waals surface area contributed by atoms with Gasteiger partial charge in [0.15, 0.2) is 0 Å². The van der Waals surface area contributed by atoms with Crippen LogP contribution in [0.1, 0.15) is 33.0 Å². The number of carbonyl (C=O) groups is 1. The molecule has 2 unspecified atom stereocenters. The van der Waals surface area contributed by atoms with Crippen molar-refractivity contribution < 1.29 is 14.3 Å². The molecule has 0 aromatic carbocycles. The lowest BCUT2D eigenvalue weighted by Crippen LogP contribution is -2.47.